The van der Waals surface area contributed by atoms with Gasteiger partial charge in [0.2, 0.25) is 0 Å². The highest BCUT2D eigenvalue weighted by Gasteiger charge is 2.16. The lowest BCUT2D eigenvalue weighted by atomic mass is 10.1. The molecule has 1 saturated heterocycles. The Morgan fingerprint density at radius 1 is 1.69 bits per heavy atom. The van der Waals surface area contributed by atoms with Gasteiger partial charge in [-0.1, -0.05) is 0 Å². The molecule has 76 valence electrons. The zero-order chi connectivity index (χ0) is 9.52. The van der Waals surface area contributed by atoms with Gasteiger partial charge >= 0.3 is 0 Å². The Kier molecular flexibility index (Phi) is 4.97. The standard InChI is InChI=1S/C9H17NO3/c1-2-12-7-8(11)5-9-6-10-3-4-13-9/h9-10H,2-7H2,1H3. The summed E-state index contributed by atoms with van der Waals surface area (Å²) in [4.78, 5) is 11.2. The highest BCUT2D eigenvalue weighted by molar-refractivity contribution is 5.80. The number of morpholine rings is 1. The summed E-state index contributed by atoms with van der Waals surface area (Å²) in [5.74, 6) is 0.121. The van der Waals surface area contributed by atoms with Gasteiger partial charge < -0.3 is 14.8 Å². The molecule has 1 aliphatic rings. The molecule has 0 bridgehead atoms. The maximum Gasteiger partial charge on any atom is 0.161 e. The van der Waals surface area contributed by atoms with Crippen molar-refractivity contribution in [2.75, 3.05) is 32.9 Å². The molecule has 1 heterocycles. The maximum absolute atomic E-state index is 11.2. The molecule has 0 saturated carbocycles. The van der Waals surface area contributed by atoms with Gasteiger partial charge in [0.15, 0.2) is 5.78 Å². The third-order valence-corrected chi connectivity index (χ3v) is 1.93. The number of nitrogens with one attached hydrogen (secondary N) is 1. The van der Waals surface area contributed by atoms with Crippen molar-refractivity contribution in [2.24, 2.45) is 0 Å². The molecule has 1 unspecified atom stereocenters. The van der Waals surface area contributed by atoms with Crippen LogP contribution in [0, 0.1) is 0 Å². The Labute approximate surface area is 78.6 Å². The lowest BCUT2D eigenvalue weighted by Crippen LogP contribution is -2.40. The van der Waals surface area contributed by atoms with E-state index < -0.39 is 0 Å². The van der Waals surface area contributed by atoms with Crippen LogP contribution in [-0.2, 0) is 14.3 Å². The van der Waals surface area contributed by atoms with Crippen molar-refractivity contribution in [3.05, 3.63) is 0 Å². The second-order valence-corrected chi connectivity index (χ2v) is 3.08. The highest BCUT2D eigenvalue weighted by Crippen LogP contribution is 2.02. The number of carbonyl (C=O) groups is 1. The van der Waals surface area contributed by atoms with Crippen LogP contribution in [0.15, 0.2) is 0 Å². The number of Topliss-reactive ketones (excluding diaryl/α,β-unsaturated/α-hetero) is 1. The quantitative estimate of drug-likeness (QED) is 0.656. The Bertz CT molecular complexity index is 155. The minimum Gasteiger partial charge on any atom is -0.375 e. The summed E-state index contributed by atoms with van der Waals surface area (Å²) in [6.07, 6.45) is 0.509. The van der Waals surface area contributed by atoms with E-state index in [0.717, 1.165) is 13.1 Å². The molecule has 4 nitrogen and oxygen atoms in total. The molecule has 1 atom stereocenters. The van der Waals surface area contributed by atoms with Crippen LogP contribution >= 0.6 is 0 Å². The van der Waals surface area contributed by atoms with Gasteiger partial charge in [-0.15, -0.1) is 0 Å². The van der Waals surface area contributed by atoms with E-state index in [9.17, 15) is 4.79 Å². The molecule has 1 N–H and O–H groups in total. The Balaban J connectivity index is 2.11. The van der Waals surface area contributed by atoms with Gasteiger partial charge in [0.25, 0.3) is 0 Å². The molecule has 0 amide bonds. The average Bonchev–Trinajstić information content (AvgIpc) is 2.16. The predicted molar refractivity (Wildman–Crippen MR) is 48.7 cm³/mol. The van der Waals surface area contributed by atoms with E-state index in [0.29, 0.717) is 19.6 Å². The van der Waals surface area contributed by atoms with Crippen LogP contribution in [0.5, 0.6) is 0 Å². The van der Waals surface area contributed by atoms with Crippen LogP contribution in [-0.4, -0.2) is 44.8 Å². The summed E-state index contributed by atoms with van der Waals surface area (Å²) in [5, 5.41) is 3.18. The van der Waals surface area contributed by atoms with Crippen LogP contribution in [0.3, 0.4) is 0 Å². The number of ketones is 1. The van der Waals surface area contributed by atoms with Crippen molar-refractivity contribution in [2.45, 2.75) is 19.4 Å². The fourth-order valence-electron chi connectivity index (χ4n) is 1.28. The van der Waals surface area contributed by atoms with Crippen molar-refractivity contribution >= 4 is 5.78 Å². The van der Waals surface area contributed by atoms with Crippen molar-refractivity contribution in [3.8, 4) is 0 Å². The molecule has 0 spiro atoms. The molecule has 0 aromatic rings. The van der Waals surface area contributed by atoms with Crippen LogP contribution in [0.1, 0.15) is 13.3 Å². The number of ether oxygens (including phenoxy) is 2. The number of hydrogen-bond donors (Lipinski definition) is 1. The molecule has 13 heavy (non-hydrogen) atoms. The van der Waals surface area contributed by atoms with E-state index >= 15 is 0 Å². The minimum absolute atomic E-state index is 0.0432. The Morgan fingerprint density at radius 2 is 2.54 bits per heavy atom. The first-order chi connectivity index (χ1) is 6.33. The summed E-state index contributed by atoms with van der Waals surface area (Å²) in [6.45, 7) is 5.05. The molecule has 0 radical (unpaired) electrons. The second-order valence-electron chi connectivity index (χ2n) is 3.08. The van der Waals surface area contributed by atoms with Crippen molar-refractivity contribution in [3.63, 3.8) is 0 Å². The third-order valence-electron chi connectivity index (χ3n) is 1.93. The molecule has 1 aliphatic heterocycles. The fraction of sp³-hybridized carbons (Fsp3) is 0.889. The summed E-state index contributed by atoms with van der Waals surface area (Å²) in [7, 11) is 0. The summed E-state index contributed by atoms with van der Waals surface area (Å²) < 4.78 is 10.4. The molecule has 0 aromatic carbocycles. The molecule has 1 rings (SSSR count). The number of rotatable bonds is 5. The number of carbonyl (C=O) groups excluding carboxylic acids is 1. The van der Waals surface area contributed by atoms with Crippen LogP contribution in [0.25, 0.3) is 0 Å². The summed E-state index contributed by atoms with van der Waals surface area (Å²) >= 11 is 0. The molecule has 4 heteroatoms. The fourth-order valence-corrected chi connectivity index (χ4v) is 1.28. The Hall–Kier alpha value is -0.450. The SMILES string of the molecule is CCOCC(=O)CC1CNCCO1. The number of hydrogen-bond acceptors (Lipinski definition) is 4. The third kappa shape index (κ3) is 4.36. The Morgan fingerprint density at radius 3 is 3.15 bits per heavy atom. The minimum atomic E-state index is 0.0432. The van der Waals surface area contributed by atoms with Gasteiger partial charge in [-0.2, -0.15) is 0 Å². The van der Waals surface area contributed by atoms with E-state index in [-0.39, 0.29) is 18.5 Å². The van der Waals surface area contributed by atoms with Crippen LogP contribution < -0.4 is 5.32 Å². The van der Waals surface area contributed by atoms with Crippen LogP contribution in [0.2, 0.25) is 0 Å². The van der Waals surface area contributed by atoms with E-state index in [2.05, 4.69) is 5.32 Å². The van der Waals surface area contributed by atoms with Crippen LogP contribution in [0.4, 0.5) is 0 Å². The van der Waals surface area contributed by atoms with E-state index in [1.165, 1.54) is 0 Å². The lowest BCUT2D eigenvalue weighted by Gasteiger charge is -2.22. The molecule has 0 aliphatic carbocycles. The zero-order valence-electron chi connectivity index (χ0n) is 8.04. The van der Waals surface area contributed by atoms with Crippen molar-refractivity contribution in [1.29, 1.82) is 0 Å². The van der Waals surface area contributed by atoms with E-state index in [4.69, 9.17) is 9.47 Å². The highest BCUT2D eigenvalue weighted by atomic mass is 16.5. The second kappa shape index (κ2) is 6.07. The normalized spacial score (nSPS) is 23.0. The molecular formula is C9H17NO3. The molecule has 0 aromatic heterocycles. The van der Waals surface area contributed by atoms with Gasteiger partial charge in [0, 0.05) is 26.1 Å². The average molecular weight is 187 g/mol. The van der Waals surface area contributed by atoms with Crippen molar-refractivity contribution in [1.82, 2.24) is 5.32 Å². The van der Waals surface area contributed by atoms with Gasteiger partial charge in [0.05, 0.1) is 12.7 Å². The largest absolute Gasteiger partial charge is 0.375 e. The van der Waals surface area contributed by atoms with Gasteiger partial charge in [-0.05, 0) is 6.92 Å². The maximum atomic E-state index is 11.2. The first-order valence-corrected chi connectivity index (χ1v) is 4.74. The summed E-state index contributed by atoms with van der Waals surface area (Å²) in [6, 6.07) is 0. The zero-order valence-corrected chi connectivity index (χ0v) is 8.04. The first kappa shape index (κ1) is 10.6. The smallest absolute Gasteiger partial charge is 0.161 e. The van der Waals surface area contributed by atoms with Gasteiger partial charge in [0.1, 0.15) is 6.61 Å². The molecular weight excluding hydrogens is 170 g/mol. The first-order valence-electron chi connectivity index (χ1n) is 4.74. The summed E-state index contributed by atoms with van der Waals surface area (Å²) in [5.41, 5.74) is 0. The predicted octanol–water partition coefficient (Wildman–Crippen LogP) is -0.0295. The topological polar surface area (TPSA) is 47.6 Å². The van der Waals surface area contributed by atoms with E-state index in [1.807, 2.05) is 6.92 Å². The van der Waals surface area contributed by atoms with Gasteiger partial charge in [-0.3, -0.25) is 4.79 Å². The van der Waals surface area contributed by atoms with E-state index in [1.54, 1.807) is 0 Å². The van der Waals surface area contributed by atoms with Gasteiger partial charge in [-0.25, -0.2) is 0 Å². The lowest BCUT2D eigenvalue weighted by molar-refractivity contribution is -0.126. The van der Waals surface area contributed by atoms with Crippen molar-refractivity contribution < 1.29 is 14.3 Å². The molecule has 1 fully saturated rings. The monoisotopic (exact) mass is 187 g/mol.